The van der Waals surface area contributed by atoms with Crippen LogP contribution < -0.4 is 5.32 Å². The van der Waals surface area contributed by atoms with Crippen LogP contribution in [0.5, 0.6) is 0 Å². The van der Waals surface area contributed by atoms with E-state index in [0.717, 1.165) is 5.69 Å². The van der Waals surface area contributed by atoms with Gasteiger partial charge in [0.15, 0.2) is 0 Å². The second-order valence-electron chi connectivity index (χ2n) is 3.58. The molecule has 0 saturated carbocycles. The smallest absolute Gasteiger partial charge is 0.239 e. The Morgan fingerprint density at radius 2 is 2.12 bits per heavy atom. The third-order valence-electron chi connectivity index (χ3n) is 2.33. The Bertz CT molecular complexity index is 400. The highest BCUT2D eigenvalue weighted by atomic mass is 32.2. The number of benzene rings is 1. The minimum absolute atomic E-state index is 0.0783. The summed E-state index contributed by atoms with van der Waals surface area (Å²) in [5.74, 6) is 0.545. The molecule has 1 aromatic rings. The average Bonchev–Trinajstić information content (AvgIpc) is 2.59. The number of hydrogen-bond acceptors (Lipinski definition) is 4. The quantitative estimate of drug-likeness (QED) is 0.836. The van der Waals surface area contributed by atoms with Gasteiger partial charge in [0, 0.05) is 5.69 Å². The second-order valence-corrected chi connectivity index (χ2v) is 5.19. The highest BCUT2D eigenvalue weighted by molar-refractivity contribution is 8.23. The van der Waals surface area contributed by atoms with Gasteiger partial charge in [0.2, 0.25) is 5.91 Å². The Morgan fingerprint density at radius 1 is 1.44 bits per heavy atom. The van der Waals surface area contributed by atoms with Crippen LogP contribution in [0, 0.1) is 6.92 Å². The number of nitrogens with one attached hydrogen (secondary N) is 1. The molecule has 2 rings (SSSR count). The lowest BCUT2D eigenvalue weighted by atomic mass is 10.2. The maximum Gasteiger partial charge on any atom is 0.239 e. The topological polar surface area (TPSA) is 32.3 Å². The van der Waals surface area contributed by atoms with Gasteiger partial charge in [-0.25, -0.2) is 0 Å². The number of anilines is 1. The number of hydrogen-bond donors (Lipinski definition) is 1. The SMILES string of the molecule is Cc1ccc(NCN2C(=O)CSC2=S)cc1. The van der Waals surface area contributed by atoms with Gasteiger partial charge in [-0.2, -0.15) is 0 Å². The largest absolute Gasteiger partial charge is 0.367 e. The van der Waals surface area contributed by atoms with Gasteiger partial charge in [-0.1, -0.05) is 41.7 Å². The zero-order valence-electron chi connectivity index (χ0n) is 8.90. The monoisotopic (exact) mass is 252 g/mol. The summed E-state index contributed by atoms with van der Waals surface area (Å²) in [5, 5.41) is 3.18. The van der Waals surface area contributed by atoms with E-state index in [9.17, 15) is 4.79 Å². The summed E-state index contributed by atoms with van der Waals surface area (Å²) in [4.78, 5) is 13.0. The molecule has 1 aromatic carbocycles. The molecule has 0 radical (unpaired) electrons. The van der Waals surface area contributed by atoms with Crippen LogP contribution in [-0.4, -0.2) is 27.5 Å². The van der Waals surface area contributed by atoms with Crippen LogP contribution in [-0.2, 0) is 4.79 Å². The van der Waals surface area contributed by atoms with Crippen molar-refractivity contribution in [3.8, 4) is 0 Å². The predicted octanol–water partition coefficient (Wildman–Crippen LogP) is 2.22. The van der Waals surface area contributed by atoms with E-state index < -0.39 is 0 Å². The molecule has 84 valence electrons. The number of thiocarbonyl (C=S) groups is 1. The summed E-state index contributed by atoms with van der Waals surface area (Å²) in [6.07, 6.45) is 0. The van der Waals surface area contributed by atoms with Crippen molar-refractivity contribution in [2.75, 3.05) is 17.7 Å². The van der Waals surface area contributed by atoms with Crippen molar-refractivity contribution in [3.63, 3.8) is 0 Å². The third-order valence-corrected chi connectivity index (χ3v) is 3.77. The van der Waals surface area contributed by atoms with Crippen LogP contribution in [0.2, 0.25) is 0 Å². The molecule has 1 N–H and O–H groups in total. The maximum atomic E-state index is 11.4. The molecular weight excluding hydrogens is 240 g/mol. The molecule has 0 aliphatic carbocycles. The molecule has 1 aliphatic rings. The summed E-state index contributed by atoms with van der Waals surface area (Å²) in [7, 11) is 0. The summed E-state index contributed by atoms with van der Waals surface area (Å²) in [6.45, 7) is 2.49. The summed E-state index contributed by atoms with van der Waals surface area (Å²) in [5.41, 5.74) is 2.21. The van der Waals surface area contributed by atoms with Gasteiger partial charge < -0.3 is 5.32 Å². The molecule has 3 nitrogen and oxygen atoms in total. The van der Waals surface area contributed by atoms with Crippen LogP contribution in [0.4, 0.5) is 5.69 Å². The highest BCUT2D eigenvalue weighted by Crippen LogP contribution is 2.19. The van der Waals surface area contributed by atoms with Crippen LogP contribution in [0.15, 0.2) is 24.3 Å². The van der Waals surface area contributed by atoms with Gasteiger partial charge in [-0.05, 0) is 19.1 Å². The molecule has 0 unspecified atom stereocenters. The third kappa shape index (κ3) is 2.54. The van der Waals surface area contributed by atoms with Crippen LogP contribution in [0.25, 0.3) is 0 Å². The minimum atomic E-state index is 0.0783. The fourth-order valence-electron chi connectivity index (χ4n) is 1.38. The Balaban J connectivity index is 1.94. The van der Waals surface area contributed by atoms with Gasteiger partial charge in [0.25, 0.3) is 0 Å². The van der Waals surface area contributed by atoms with E-state index in [1.807, 2.05) is 31.2 Å². The molecule has 0 aromatic heterocycles. The predicted molar refractivity (Wildman–Crippen MR) is 71.6 cm³/mol. The van der Waals surface area contributed by atoms with E-state index in [0.29, 0.717) is 16.7 Å². The van der Waals surface area contributed by atoms with Crippen molar-refractivity contribution < 1.29 is 4.79 Å². The number of nitrogens with zero attached hydrogens (tertiary/aromatic N) is 1. The lowest BCUT2D eigenvalue weighted by Gasteiger charge is -2.16. The van der Waals surface area contributed by atoms with Crippen LogP contribution >= 0.6 is 24.0 Å². The van der Waals surface area contributed by atoms with Crippen molar-refractivity contribution >= 4 is 39.9 Å². The normalized spacial score (nSPS) is 15.7. The van der Waals surface area contributed by atoms with E-state index in [1.165, 1.54) is 17.3 Å². The molecule has 1 aliphatic heterocycles. The Morgan fingerprint density at radius 3 is 2.69 bits per heavy atom. The number of carbonyl (C=O) groups excluding carboxylic acids is 1. The number of aryl methyl sites for hydroxylation is 1. The highest BCUT2D eigenvalue weighted by Gasteiger charge is 2.25. The van der Waals surface area contributed by atoms with Gasteiger partial charge in [0.05, 0.1) is 12.4 Å². The molecule has 1 fully saturated rings. The molecular formula is C11H12N2OS2. The van der Waals surface area contributed by atoms with Crippen molar-refractivity contribution in [3.05, 3.63) is 29.8 Å². The molecule has 1 saturated heterocycles. The average molecular weight is 252 g/mol. The zero-order chi connectivity index (χ0) is 11.5. The van der Waals surface area contributed by atoms with E-state index in [2.05, 4.69) is 5.32 Å². The first kappa shape index (κ1) is 11.4. The van der Waals surface area contributed by atoms with E-state index in [-0.39, 0.29) is 5.91 Å². The molecule has 0 atom stereocenters. The standard InChI is InChI=1S/C11H12N2OS2/c1-8-2-4-9(5-3-8)12-7-13-10(14)6-16-11(13)15/h2-5,12H,6-7H2,1H3. The number of amides is 1. The van der Waals surface area contributed by atoms with E-state index in [1.54, 1.807) is 4.90 Å². The fourth-order valence-corrected chi connectivity index (χ4v) is 2.44. The Labute approximate surface area is 104 Å². The second kappa shape index (κ2) is 4.84. The number of thioether (sulfide) groups is 1. The van der Waals surface area contributed by atoms with E-state index >= 15 is 0 Å². The van der Waals surface area contributed by atoms with Crippen molar-refractivity contribution in [2.45, 2.75) is 6.92 Å². The molecule has 16 heavy (non-hydrogen) atoms. The lowest BCUT2D eigenvalue weighted by molar-refractivity contribution is -0.123. The fraction of sp³-hybridized carbons (Fsp3) is 0.273. The zero-order valence-corrected chi connectivity index (χ0v) is 10.5. The summed E-state index contributed by atoms with van der Waals surface area (Å²) >= 11 is 6.50. The van der Waals surface area contributed by atoms with Crippen molar-refractivity contribution in [2.24, 2.45) is 0 Å². The maximum absolute atomic E-state index is 11.4. The lowest BCUT2D eigenvalue weighted by Crippen LogP contribution is -2.33. The summed E-state index contributed by atoms with van der Waals surface area (Å²) < 4.78 is 0.657. The van der Waals surface area contributed by atoms with Gasteiger partial charge >= 0.3 is 0 Å². The molecule has 0 spiro atoms. The first-order valence-electron chi connectivity index (χ1n) is 4.94. The Hall–Kier alpha value is -1.07. The first-order chi connectivity index (χ1) is 7.66. The Kier molecular flexibility index (Phi) is 3.46. The van der Waals surface area contributed by atoms with Gasteiger partial charge in [-0.3, -0.25) is 9.69 Å². The van der Waals surface area contributed by atoms with E-state index in [4.69, 9.17) is 12.2 Å². The van der Waals surface area contributed by atoms with Gasteiger partial charge in [-0.15, -0.1) is 0 Å². The minimum Gasteiger partial charge on any atom is -0.367 e. The molecule has 5 heteroatoms. The molecule has 1 amide bonds. The molecule has 0 bridgehead atoms. The first-order valence-corrected chi connectivity index (χ1v) is 6.34. The molecule has 1 heterocycles. The summed E-state index contributed by atoms with van der Waals surface area (Å²) in [6, 6.07) is 8.04. The van der Waals surface area contributed by atoms with Crippen molar-refractivity contribution in [1.82, 2.24) is 4.90 Å². The van der Waals surface area contributed by atoms with Crippen LogP contribution in [0.3, 0.4) is 0 Å². The number of carbonyl (C=O) groups is 1. The van der Waals surface area contributed by atoms with Crippen LogP contribution in [0.1, 0.15) is 5.56 Å². The number of rotatable bonds is 3. The van der Waals surface area contributed by atoms with Crippen molar-refractivity contribution in [1.29, 1.82) is 0 Å². The van der Waals surface area contributed by atoms with Gasteiger partial charge in [0.1, 0.15) is 4.32 Å².